The number of methoxy groups -OCH3 is 1. The summed E-state index contributed by atoms with van der Waals surface area (Å²) in [6.07, 6.45) is -0.727. The van der Waals surface area contributed by atoms with Crippen LogP contribution in [0, 0.1) is 0 Å². The van der Waals surface area contributed by atoms with E-state index in [1.807, 2.05) is 30.3 Å². The van der Waals surface area contributed by atoms with Crippen LogP contribution in [-0.4, -0.2) is 36.2 Å². The molecule has 2 amide bonds. The quantitative estimate of drug-likeness (QED) is 0.772. The molecule has 24 heavy (non-hydrogen) atoms. The molecule has 0 spiro atoms. The zero-order valence-corrected chi connectivity index (χ0v) is 14.6. The Balaban J connectivity index is 2.59. The van der Waals surface area contributed by atoms with Crippen molar-refractivity contribution in [1.29, 1.82) is 0 Å². The lowest BCUT2D eigenvalue weighted by Crippen LogP contribution is -2.61. The smallest absolute Gasteiger partial charge is 0.408 e. The summed E-state index contributed by atoms with van der Waals surface area (Å²) in [5.41, 5.74) is -1.64. The first-order valence-corrected chi connectivity index (χ1v) is 7.48. The Labute approximate surface area is 141 Å². The van der Waals surface area contributed by atoms with Crippen molar-refractivity contribution in [2.24, 2.45) is 0 Å². The van der Waals surface area contributed by atoms with Gasteiger partial charge < -0.3 is 20.1 Å². The second kappa shape index (κ2) is 7.81. The molecule has 7 heteroatoms. The summed E-state index contributed by atoms with van der Waals surface area (Å²) in [6.45, 7) is 6.15. The lowest BCUT2D eigenvalue weighted by molar-refractivity contribution is -0.150. The maximum absolute atomic E-state index is 12.3. The molecule has 0 heterocycles. The van der Waals surface area contributed by atoms with Crippen molar-refractivity contribution in [2.45, 2.75) is 45.4 Å². The van der Waals surface area contributed by atoms with Crippen LogP contribution in [0.15, 0.2) is 30.3 Å². The minimum atomic E-state index is -1.26. The highest BCUT2D eigenvalue weighted by molar-refractivity contribution is 5.93. The van der Waals surface area contributed by atoms with Crippen molar-refractivity contribution in [3.05, 3.63) is 35.9 Å². The van der Waals surface area contributed by atoms with Crippen LogP contribution in [0.4, 0.5) is 4.79 Å². The van der Waals surface area contributed by atoms with Crippen LogP contribution in [0.2, 0.25) is 0 Å². The second-order valence-electron chi connectivity index (χ2n) is 6.38. The van der Waals surface area contributed by atoms with Crippen molar-refractivity contribution < 1.29 is 23.9 Å². The van der Waals surface area contributed by atoms with Gasteiger partial charge in [0.25, 0.3) is 0 Å². The molecule has 7 nitrogen and oxygen atoms in total. The molecule has 0 aliphatic heterocycles. The molecular formula is C17H24N2O5. The van der Waals surface area contributed by atoms with Crippen LogP contribution < -0.4 is 10.6 Å². The lowest BCUT2D eigenvalue weighted by Gasteiger charge is -2.30. The van der Waals surface area contributed by atoms with Gasteiger partial charge in [-0.05, 0) is 33.3 Å². The van der Waals surface area contributed by atoms with E-state index in [0.29, 0.717) is 0 Å². The fraction of sp³-hybridized carbons (Fsp3) is 0.471. The average Bonchev–Trinajstić information content (AvgIpc) is 2.52. The highest BCUT2D eigenvalue weighted by Crippen LogP contribution is 2.10. The maximum Gasteiger partial charge on any atom is 0.408 e. The van der Waals surface area contributed by atoms with Crippen molar-refractivity contribution in [2.75, 3.05) is 7.11 Å². The van der Waals surface area contributed by atoms with Gasteiger partial charge >= 0.3 is 12.1 Å². The number of nitrogens with one attached hydrogen (secondary N) is 2. The Kier molecular flexibility index (Phi) is 6.34. The standard InChI is InChI=1S/C17H24N2O5/c1-16(2,13(20)18-17(3,4)14(21)23-5)19-15(22)24-11-12-9-7-6-8-10-12/h6-10H,11H2,1-5H3,(H,18,20)(H,19,22). The van der Waals surface area contributed by atoms with E-state index in [4.69, 9.17) is 4.74 Å². The van der Waals surface area contributed by atoms with E-state index in [1.165, 1.54) is 34.8 Å². The first-order valence-electron chi connectivity index (χ1n) is 7.48. The van der Waals surface area contributed by atoms with Gasteiger partial charge in [0.2, 0.25) is 5.91 Å². The number of hydrogen-bond donors (Lipinski definition) is 2. The summed E-state index contributed by atoms with van der Waals surface area (Å²) in [4.78, 5) is 35.8. The van der Waals surface area contributed by atoms with Crippen molar-refractivity contribution in [1.82, 2.24) is 10.6 Å². The molecular weight excluding hydrogens is 312 g/mol. The molecule has 1 aromatic carbocycles. The zero-order valence-electron chi connectivity index (χ0n) is 14.6. The molecule has 1 aromatic rings. The lowest BCUT2D eigenvalue weighted by atomic mass is 10.00. The first kappa shape index (κ1) is 19.5. The minimum absolute atomic E-state index is 0.0953. The van der Waals surface area contributed by atoms with Crippen LogP contribution in [0.25, 0.3) is 0 Å². The topological polar surface area (TPSA) is 93.7 Å². The van der Waals surface area contributed by atoms with Gasteiger partial charge in [0.05, 0.1) is 7.11 Å². The molecule has 0 fully saturated rings. The monoisotopic (exact) mass is 336 g/mol. The number of carbonyl (C=O) groups excluding carboxylic acids is 3. The number of rotatable bonds is 6. The van der Waals surface area contributed by atoms with Crippen LogP contribution in [0.5, 0.6) is 0 Å². The van der Waals surface area contributed by atoms with Gasteiger partial charge in [-0.1, -0.05) is 30.3 Å². The summed E-state index contributed by atoms with van der Waals surface area (Å²) in [7, 11) is 1.24. The average molecular weight is 336 g/mol. The van der Waals surface area contributed by atoms with E-state index in [2.05, 4.69) is 15.4 Å². The molecule has 0 aliphatic rings. The Morgan fingerprint density at radius 3 is 2.08 bits per heavy atom. The van der Waals surface area contributed by atoms with Crippen molar-refractivity contribution in [3.8, 4) is 0 Å². The second-order valence-corrected chi connectivity index (χ2v) is 6.38. The molecule has 0 saturated carbocycles. The van der Waals surface area contributed by atoms with Crippen LogP contribution in [-0.2, 0) is 25.7 Å². The van der Waals surface area contributed by atoms with E-state index < -0.39 is 29.0 Å². The fourth-order valence-corrected chi connectivity index (χ4v) is 1.82. The molecule has 0 unspecified atom stereocenters. The summed E-state index contributed by atoms with van der Waals surface area (Å²) in [5.74, 6) is -1.12. The predicted octanol–water partition coefficient (Wildman–Crippen LogP) is 1.76. The number of amides is 2. The summed E-state index contributed by atoms with van der Waals surface area (Å²) in [6, 6.07) is 9.18. The third-order valence-electron chi connectivity index (χ3n) is 3.32. The number of alkyl carbamates (subject to hydrolysis) is 1. The predicted molar refractivity (Wildman–Crippen MR) is 88.1 cm³/mol. The van der Waals surface area contributed by atoms with Gasteiger partial charge in [-0.3, -0.25) is 4.79 Å². The number of esters is 1. The molecule has 2 N–H and O–H groups in total. The molecule has 0 saturated heterocycles. The van der Waals surface area contributed by atoms with Crippen LogP contribution >= 0.6 is 0 Å². The highest BCUT2D eigenvalue weighted by atomic mass is 16.5. The molecule has 0 aliphatic carbocycles. The highest BCUT2D eigenvalue weighted by Gasteiger charge is 2.37. The maximum atomic E-state index is 12.3. The van der Waals surface area contributed by atoms with Crippen molar-refractivity contribution >= 4 is 18.0 Å². The number of carbonyl (C=O) groups is 3. The summed E-state index contributed by atoms with van der Waals surface area (Å²) in [5, 5.41) is 5.02. The van der Waals surface area contributed by atoms with Gasteiger partial charge in [-0.25, -0.2) is 9.59 Å². The van der Waals surface area contributed by atoms with Crippen molar-refractivity contribution in [3.63, 3.8) is 0 Å². The minimum Gasteiger partial charge on any atom is -0.467 e. The molecule has 0 radical (unpaired) electrons. The molecule has 0 bridgehead atoms. The third-order valence-corrected chi connectivity index (χ3v) is 3.32. The third kappa shape index (κ3) is 5.57. The normalized spacial score (nSPS) is 11.4. The summed E-state index contributed by atoms with van der Waals surface area (Å²) >= 11 is 0. The van der Waals surface area contributed by atoms with Gasteiger partial charge in [0.15, 0.2) is 0 Å². The van der Waals surface area contributed by atoms with E-state index in [0.717, 1.165) is 5.56 Å². The van der Waals surface area contributed by atoms with Gasteiger partial charge in [-0.15, -0.1) is 0 Å². The fourth-order valence-electron chi connectivity index (χ4n) is 1.82. The number of ether oxygens (including phenoxy) is 2. The van der Waals surface area contributed by atoms with E-state index in [9.17, 15) is 14.4 Å². The molecule has 1 rings (SSSR count). The van der Waals surface area contributed by atoms with Crippen LogP contribution in [0.1, 0.15) is 33.3 Å². The Hall–Kier alpha value is -2.57. The van der Waals surface area contributed by atoms with Gasteiger partial charge in [0, 0.05) is 0 Å². The molecule has 132 valence electrons. The Bertz CT molecular complexity index is 596. The van der Waals surface area contributed by atoms with E-state index in [1.54, 1.807) is 0 Å². The number of hydrogen-bond acceptors (Lipinski definition) is 5. The van der Waals surface area contributed by atoms with Gasteiger partial charge in [-0.2, -0.15) is 0 Å². The molecule has 0 aromatic heterocycles. The zero-order chi connectivity index (χ0) is 18.4. The first-order chi connectivity index (χ1) is 11.1. The Morgan fingerprint density at radius 2 is 1.54 bits per heavy atom. The van der Waals surface area contributed by atoms with Crippen LogP contribution in [0.3, 0.4) is 0 Å². The molecule has 0 atom stereocenters. The van der Waals surface area contributed by atoms with Gasteiger partial charge in [0.1, 0.15) is 17.7 Å². The number of benzene rings is 1. The van der Waals surface area contributed by atoms with E-state index in [-0.39, 0.29) is 6.61 Å². The largest absolute Gasteiger partial charge is 0.467 e. The SMILES string of the molecule is COC(=O)C(C)(C)NC(=O)C(C)(C)NC(=O)OCc1ccccc1. The van der Waals surface area contributed by atoms with E-state index >= 15 is 0 Å². The Morgan fingerprint density at radius 1 is 0.958 bits per heavy atom. The summed E-state index contributed by atoms with van der Waals surface area (Å²) < 4.78 is 9.72.